The molecule has 4 heteroatoms. The fourth-order valence-corrected chi connectivity index (χ4v) is 4.24. The Morgan fingerprint density at radius 3 is 2.85 bits per heavy atom. The van der Waals surface area contributed by atoms with Crippen molar-refractivity contribution in [3.63, 3.8) is 0 Å². The summed E-state index contributed by atoms with van der Waals surface area (Å²) in [6, 6.07) is 9.10. The molecule has 0 spiro atoms. The molecule has 27 heavy (non-hydrogen) atoms. The number of H-pyrrole nitrogens is 1. The highest BCUT2D eigenvalue weighted by Gasteiger charge is 2.35. The number of carboxylic acid groups (broad SMARTS) is 1. The number of hydrogen-bond donors (Lipinski definition) is 2. The predicted octanol–water partition coefficient (Wildman–Crippen LogP) is 5.09. The van der Waals surface area contributed by atoms with Crippen molar-refractivity contribution >= 4 is 16.9 Å². The number of allylic oxidation sites excluding steroid dienone is 1. The second-order valence-corrected chi connectivity index (χ2v) is 8.05. The molecule has 144 valence electrons. The molecule has 0 aliphatic carbocycles. The maximum Gasteiger partial charge on any atom is 0.327 e. The van der Waals surface area contributed by atoms with E-state index in [0.29, 0.717) is 18.4 Å². The van der Waals surface area contributed by atoms with Gasteiger partial charge >= 0.3 is 5.97 Å². The quantitative estimate of drug-likeness (QED) is 0.530. The zero-order valence-corrected chi connectivity index (χ0v) is 16.5. The minimum Gasteiger partial charge on any atom is -0.478 e. The Hall–Kier alpha value is -2.33. The van der Waals surface area contributed by atoms with E-state index in [9.17, 15) is 4.79 Å². The number of aliphatic carboxylic acids is 1. The number of nitrogens with zero attached hydrogens (tertiary/aromatic N) is 1. The van der Waals surface area contributed by atoms with E-state index in [1.54, 1.807) is 6.08 Å². The Kier molecular flexibility index (Phi) is 5.85. The summed E-state index contributed by atoms with van der Waals surface area (Å²) in [7, 11) is 0. The fourth-order valence-electron chi connectivity index (χ4n) is 4.24. The van der Waals surface area contributed by atoms with E-state index >= 15 is 0 Å². The molecular weight excluding hydrogens is 336 g/mol. The lowest BCUT2D eigenvalue weighted by molar-refractivity contribution is -0.131. The number of aromatic amines is 1. The van der Waals surface area contributed by atoms with Crippen LogP contribution < -0.4 is 0 Å². The van der Waals surface area contributed by atoms with Gasteiger partial charge in [0.2, 0.25) is 0 Å². The Morgan fingerprint density at radius 1 is 1.41 bits per heavy atom. The van der Waals surface area contributed by atoms with Crippen LogP contribution in [0.25, 0.3) is 10.9 Å². The van der Waals surface area contributed by atoms with Gasteiger partial charge in [-0.3, -0.25) is 4.90 Å². The van der Waals surface area contributed by atoms with Gasteiger partial charge in [0.05, 0.1) is 6.04 Å². The van der Waals surface area contributed by atoms with Crippen molar-refractivity contribution in [3.8, 4) is 0 Å². The number of para-hydroxylation sites is 1. The number of carboxylic acids is 1. The molecule has 0 bridgehead atoms. The van der Waals surface area contributed by atoms with Crippen LogP contribution in [0.3, 0.4) is 0 Å². The number of aromatic nitrogens is 1. The fraction of sp³-hybridized carbons (Fsp3) is 0.435. The monoisotopic (exact) mass is 366 g/mol. The summed E-state index contributed by atoms with van der Waals surface area (Å²) in [4.78, 5) is 16.9. The van der Waals surface area contributed by atoms with Crippen LogP contribution in [0.4, 0.5) is 0 Å². The van der Waals surface area contributed by atoms with Gasteiger partial charge in [-0.05, 0) is 43.7 Å². The number of rotatable bonds is 7. The van der Waals surface area contributed by atoms with Gasteiger partial charge in [0.25, 0.3) is 0 Å². The van der Waals surface area contributed by atoms with Crippen molar-refractivity contribution in [1.82, 2.24) is 9.88 Å². The summed E-state index contributed by atoms with van der Waals surface area (Å²) in [6.07, 6.45) is 5.45. The highest BCUT2D eigenvalue weighted by molar-refractivity contribution is 5.85. The van der Waals surface area contributed by atoms with Crippen molar-refractivity contribution in [1.29, 1.82) is 0 Å². The molecule has 2 atom stereocenters. The number of nitrogens with one attached hydrogen (secondary N) is 1. The molecule has 1 aromatic carbocycles. The molecule has 4 nitrogen and oxygen atoms in total. The molecule has 1 aliphatic rings. The smallest absolute Gasteiger partial charge is 0.327 e. The molecule has 1 aromatic heterocycles. The minimum absolute atomic E-state index is 0.150. The van der Waals surface area contributed by atoms with Crippen LogP contribution in [-0.2, 0) is 11.2 Å². The summed E-state index contributed by atoms with van der Waals surface area (Å²) >= 11 is 0. The third kappa shape index (κ3) is 4.16. The van der Waals surface area contributed by atoms with Crippen LogP contribution in [-0.4, -0.2) is 33.5 Å². The SMILES string of the molecule is C=C(CC/C=C/C(=O)O)C1c2[nH]c3ccccc3c2CC(C)N1CC(C)C. The van der Waals surface area contributed by atoms with E-state index in [2.05, 4.69) is 61.5 Å². The van der Waals surface area contributed by atoms with Crippen LogP contribution >= 0.6 is 0 Å². The third-order valence-corrected chi connectivity index (χ3v) is 5.37. The molecule has 2 heterocycles. The van der Waals surface area contributed by atoms with E-state index in [1.807, 2.05) is 0 Å². The van der Waals surface area contributed by atoms with E-state index < -0.39 is 5.97 Å². The first-order valence-electron chi connectivity index (χ1n) is 9.80. The van der Waals surface area contributed by atoms with Crippen molar-refractivity contribution in [2.24, 2.45) is 5.92 Å². The van der Waals surface area contributed by atoms with Crippen LogP contribution in [0.2, 0.25) is 0 Å². The number of hydrogen-bond acceptors (Lipinski definition) is 2. The molecule has 0 saturated carbocycles. The molecule has 0 amide bonds. The van der Waals surface area contributed by atoms with E-state index in [4.69, 9.17) is 5.11 Å². The van der Waals surface area contributed by atoms with Crippen molar-refractivity contribution in [2.75, 3.05) is 6.54 Å². The average molecular weight is 367 g/mol. The van der Waals surface area contributed by atoms with Gasteiger partial charge in [-0.2, -0.15) is 0 Å². The van der Waals surface area contributed by atoms with Crippen molar-refractivity contribution < 1.29 is 9.90 Å². The van der Waals surface area contributed by atoms with Gasteiger partial charge in [0.1, 0.15) is 0 Å². The Bertz CT molecular complexity index is 862. The van der Waals surface area contributed by atoms with Crippen LogP contribution in [0.1, 0.15) is 50.9 Å². The molecule has 2 unspecified atom stereocenters. The predicted molar refractivity (Wildman–Crippen MR) is 111 cm³/mol. The molecule has 3 rings (SSSR count). The summed E-state index contributed by atoms with van der Waals surface area (Å²) in [5.74, 6) is -0.327. The molecule has 1 aliphatic heterocycles. The van der Waals surface area contributed by atoms with Gasteiger partial charge in [0.15, 0.2) is 0 Å². The Labute approximate surface area is 161 Å². The van der Waals surface area contributed by atoms with Crippen LogP contribution in [0.5, 0.6) is 0 Å². The summed E-state index contributed by atoms with van der Waals surface area (Å²) in [6.45, 7) is 12.2. The van der Waals surface area contributed by atoms with Crippen LogP contribution in [0, 0.1) is 5.92 Å². The van der Waals surface area contributed by atoms with Crippen LogP contribution in [0.15, 0.2) is 48.6 Å². The van der Waals surface area contributed by atoms with Crippen molar-refractivity contribution in [2.45, 2.75) is 52.1 Å². The lowest BCUT2D eigenvalue weighted by Crippen LogP contribution is -2.44. The first-order chi connectivity index (χ1) is 12.9. The molecule has 2 aromatic rings. The molecule has 2 N–H and O–H groups in total. The second-order valence-electron chi connectivity index (χ2n) is 8.05. The normalized spacial score (nSPS) is 20.4. The second kappa shape index (κ2) is 8.13. The van der Waals surface area contributed by atoms with Gasteiger partial charge in [0, 0.05) is 35.3 Å². The van der Waals surface area contributed by atoms with Gasteiger partial charge in [-0.25, -0.2) is 4.79 Å². The molecule has 0 saturated heterocycles. The Morgan fingerprint density at radius 2 is 2.15 bits per heavy atom. The Balaban J connectivity index is 1.95. The van der Waals surface area contributed by atoms with Gasteiger partial charge in [-0.15, -0.1) is 0 Å². The summed E-state index contributed by atoms with van der Waals surface area (Å²) in [5.41, 5.74) is 5.00. The number of carbonyl (C=O) groups is 1. The third-order valence-electron chi connectivity index (χ3n) is 5.37. The molecule has 0 radical (unpaired) electrons. The van der Waals surface area contributed by atoms with Gasteiger partial charge in [-0.1, -0.05) is 50.3 Å². The van der Waals surface area contributed by atoms with E-state index in [0.717, 1.165) is 25.0 Å². The summed E-state index contributed by atoms with van der Waals surface area (Å²) < 4.78 is 0. The molecular formula is C23H30N2O2. The number of fused-ring (bicyclic) bond motifs is 3. The molecule has 0 fully saturated rings. The minimum atomic E-state index is -0.897. The van der Waals surface area contributed by atoms with Gasteiger partial charge < -0.3 is 10.1 Å². The maximum atomic E-state index is 10.7. The average Bonchev–Trinajstić information content (AvgIpc) is 2.96. The van der Waals surface area contributed by atoms with E-state index in [1.165, 1.54) is 28.2 Å². The largest absolute Gasteiger partial charge is 0.478 e. The first-order valence-corrected chi connectivity index (χ1v) is 9.80. The topological polar surface area (TPSA) is 56.3 Å². The zero-order valence-electron chi connectivity index (χ0n) is 16.5. The van der Waals surface area contributed by atoms with Crippen molar-refractivity contribution in [3.05, 3.63) is 59.8 Å². The summed E-state index contributed by atoms with van der Waals surface area (Å²) in [5, 5.41) is 10.1. The zero-order chi connectivity index (χ0) is 19.6. The standard InChI is InChI=1S/C23H30N2O2/c1-15(2)14-25-17(4)13-19-18-10-6-7-11-20(18)24-22(19)23(25)16(3)9-5-8-12-21(26)27/h6-8,10-12,15,17,23-24H,3,5,9,13-14H2,1-2,4H3,(H,26,27)/b12-8+. The lowest BCUT2D eigenvalue weighted by atomic mass is 9.87. The first kappa shape index (κ1) is 19.4. The highest BCUT2D eigenvalue weighted by atomic mass is 16.4. The maximum absolute atomic E-state index is 10.7. The van der Waals surface area contributed by atoms with E-state index in [-0.39, 0.29) is 6.04 Å². The number of benzene rings is 1. The highest BCUT2D eigenvalue weighted by Crippen LogP contribution is 2.41. The lowest BCUT2D eigenvalue weighted by Gasteiger charge is -2.42.